The lowest BCUT2D eigenvalue weighted by molar-refractivity contribution is 0.284. The fourth-order valence-corrected chi connectivity index (χ4v) is 1.38. The van der Waals surface area contributed by atoms with Gasteiger partial charge >= 0.3 is 0 Å². The first-order chi connectivity index (χ1) is 6.71. The molecule has 15 heavy (non-hydrogen) atoms. The van der Waals surface area contributed by atoms with Crippen LogP contribution in [0.5, 0.6) is 0 Å². The van der Waals surface area contributed by atoms with Gasteiger partial charge in [0.05, 0.1) is 0 Å². The monoisotopic (exact) mass is 211 g/mol. The number of hydrogen-bond donors (Lipinski definition) is 2. The number of nitrogens with two attached hydrogens (primary N) is 1. The summed E-state index contributed by atoms with van der Waals surface area (Å²) in [7, 11) is 3.77. The lowest BCUT2D eigenvalue weighted by Crippen LogP contribution is -2.51. The van der Waals surface area contributed by atoms with Crippen molar-refractivity contribution in [2.75, 3.05) is 12.4 Å². The maximum Gasteiger partial charge on any atom is 0.224 e. The predicted molar refractivity (Wildman–Crippen MR) is 61.8 cm³/mol. The molecule has 0 aliphatic rings. The van der Waals surface area contributed by atoms with Crippen molar-refractivity contribution in [3.63, 3.8) is 0 Å². The minimum atomic E-state index is -0.348. The number of rotatable bonds is 3. The third-order valence-electron chi connectivity index (χ3n) is 3.27. The molecule has 0 bridgehead atoms. The van der Waals surface area contributed by atoms with Gasteiger partial charge in [0, 0.05) is 25.0 Å². The Morgan fingerprint density at radius 1 is 1.20 bits per heavy atom. The number of anilines is 1. The van der Waals surface area contributed by atoms with E-state index in [1.165, 1.54) is 0 Å². The Morgan fingerprint density at radius 3 is 2.07 bits per heavy atom. The van der Waals surface area contributed by atoms with Crippen LogP contribution < -0.4 is 11.1 Å². The fraction of sp³-hybridized carbons (Fsp3) is 0.800. The molecule has 5 nitrogen and oxygen atoms in total. The zero-order chi connectivity index (χ0) is 11.9. The summed E-state index contributed by atoms with van der Waals surface area (Å²) < 4.78 is 1.94. The van der Waals surface area contributed by atoms with Crippen molar-refractivity contribution in [3.8, 4) is 0 Å². The first-order valence-electron chi connectivity index (χ1n) is 5.08. The van der Waals surface area contributed by atoms with E-state index in [1.54, 1.807) is 0 Å². The van der Waals surface area contributed by atoms with Crippen molar-refractivity contribution in [2.45, 2.75) is 38.6 Å². The second-order valence-corrected chi connectivity index (χ2v) is 5.00. The van der Waals surface area contributed by atoms with Crippen molar-refractivity contribution < 1.29 is 0 Å². The summed E-state index contributed by atoms with van der Waals surface area (Å²) in [5.74, 6) is 1.64. The van der Waals surface area contributed by atoms with Crippen molar-refractivity contribution in [3.05, 3.63) is 5.82 Å². The Kier molecular flexibility index (Phi) is 2.78. The molecule has 0 saturated carbocycles. The molecule has 1 rings (SSSR count). The van der Waals surface area contributed by atoms with Gasteiger partial charge in [-0.15, -0.1) is 10.2 Å². The van der Waals surface area contributed by atoms with Crippen LogP contribution in [0.1, 0.15) is 33.5 Å². The second-order valence-electron chi connectivity index (χ2n) is 5.00. The van der Waals surface area contributed by atoms with Gasteiger partial charge in [0.1, 0.15) is 5.82 Å². The normalized spacial score (nSPS) is 13.0. The molecule has 1 heterocycles. The molecule has 0 aliphatic heterocycles. The van der Waals surface area contributed by atoms with Crippen LogP contribution in [0.15, 0.2) is 0 Å². The lowest BCUT2D eigenvalue weighted by Gasteiger charge is -2.37. The van der Waals surface area contributed by atoms with Gasteiger partial charge in [-0.1, -0.05) is 13.8 Å². The molecule has 1 aromatic heterocycles. The highest BCUT2D eigenvalue weighted by molar-refractivity contribution is 5.27. The number of nitrogens with zero attached hydrogens (tertiary/aromatic N) is 3. The highest BCUT2D eigenvalue weighted by Gasteiger charge is 2.39. The molecule has 0 spiro atoms. The summed E-state index contributed by atoms with van der Waals surface area (Å²) >= 11 is 0. The quantitative estimate of drug-likeness (QED) is 0.778. The minimum Gasteiger partial charge on any atom is -0.357 e. The summed E-state index contributed by atoms with van der Waals surface area (Å²) in [6.07, 6.45) is 0. The zero-order valence-corrected chi connectivity index (χ0v) is 10.4. The van der Waals surface area contributed by atoms with E-state index >= 15 is 0 Å². The molecule has 0 saturated heterocycles. The Hall–Kier alpha value is -1.10. The number of aromatic nitrogens is 3. The van der Waals surface area contributed by atoms with Gasteiger partial charge in [-0.25, -0.2) is 0 Å². The van der Waals surface area contributed by atoms with Gasteiger partial charge in [0.15, 0.2) is 0 Å². The highest BCUT2D eigenvalue weighted by Crippen LogP contribution is 2.32. The molecular formula is C10H21N5. The molecule has 0 aromatic carbocycles. The zero-order valence-electron chi connectivity index (χ0n) is 10.4. The molecule has 3 N–H and O–H groups in total. The van der Waals surface area contributed by atoms with Gasteiger partial charge < -0.3 is 15.6 Å². The Morgan fingerprint density at radius 2 is 1.73 bits per heavy atom. The SMILES string of the molecule is CNc1nnc(C(C)(C)C(C)(C)N)n1C. The summed E-state index contributed by atoms with van der Waals surface area (Å²) in [4.78, 5) is 0. The summed E-state index contributed by atoms with van der Waals surface area (Å²) in [6.45, 7) is 8.16. The largest absolute Gasteiger partial charge is 0.357 e. The van der Waals surface area contributed by atoms with Gasteiger partial charge in [-0.3, -0.25) is 0 Å². The smallest absolute Gasteiger partial charge is 0.224 e. The van der Waals surface area contributed by atoms with Crippen molar-refractivity contribution in [1.29, 1.82) is 0 Å². The van der Waals surface area contributed by atoms with Crippen molar-refractivity contribution >= 4 is 5.95 Å². The average molecular weight is 211 g/mol. The van der Waals surface area contributed by atoms with Crippen LogP contribution >= 0.6 is 0 Å². The predicted octanol–water partition coefficient (Wildman–Crippen LogP) is 0.872. The van der Waals surface area contributed by atoms with E-state index in [0.29, 0.717) is 0 Å². The molecule has 0 fully saturated rings. The van der Waals surface area contributed by atoms with Crippen LogP contribution in [0.25, 0.3) is 0 Å². The number of hydrogen-bond acceptors (Lipinski definition) is 4. The van der Waals surface area contributed by atoms with Crippen LogP contribution in [0.3, 0.4) is 0 Å². The summed E-state index contributed by atoms with van der Waals surface area (Å²) in [5, 5.41) is 11.2. The molecule has 0 unspecified atom stereocenters. The highest BCUT2D eigenvalue weighted by atomic mass is 15.3. The van der Waals surface area contributed by atoms with Gasteiger partial charge in [-0.2, -0.15) is 0 Å². The first kappa shape index (κ1) is 12.0. The molecule has 86 valence electrons. The maximum absolute atomic E-state index is 6.16. The standard InChI is InChI=1S/C10H21N5/c1-9(2,10(3,4)11)7-13-14-8(12-5)15(7)6/h11H2,1-6H3,(H,12,14). The molecule has 0 amide bonds. The Labute approximate surface area is 91.1 Å². The van der Waals surface area contributed by atoms with Gasteiger partial charge in [0.2, 0.25) is 5.95 Å². The summed E-state index contributed by atoms with van der Waals surface area (Å²) in [6, 6.07) is 0. The van der Waals surface area contributed by atoms with Crippen LogP contribution in [-0.2, 0) is 12.5 Å². The Balaban J connectivity index is 3.22. The van der Waals surface area contributed by atoms with E-state index in [2.05, 4.69) is 29.4 Å². The average Bonchev–Trinajstić information content (AvgIpc) is 2.44. The molecule has 5 heteroatoms. The molecule has 0 aliphatic carbocycles. The van der Waals surface area contributed by atoms with E-state index in [4.69, 9.17) is 5.73 Å². The molecule has 0 atom stereocenters. The van der Waals surface area contributed by atoms with E-state index in [0.717, 1.165) is 11.8 Å². The Bertz CT molecular complexity index is 345. The third kappa shape index (κ3) is 1.84. The first-order valence-corrected chi connectivity index (χ1v) is 5.08. The van der Waals surface area contributed by atoms with E-state index < -0.39 is 0 Å². The van der Waals surface area contributed by atoms with Crippen molar-refractivity contribution in [2.24, 2.45) is 12.8 Å². The maximum atomic E-state index is 6.16. The number of nitrogens with one attached hydrogen (secondary N) is 1. The molecule has 0 radical (unpaired) electrons. The van der Waals surface area contributed by atoms with Crippen molar-refractivity contribution in [1.82, 2.24) is 14.8 Å². The van der Waals surface area contributed by atoms with Crippen LogP contribution in [0, 0.1) is 0 Å². The van der Waals surface area contributed by atoms with E-state index in [-0.39, 0.29) is 11.0 Å². The topological polar surface area (TPSA) is 68.8 Å². The van der Waals surface area contributed by atoms with Crippen LogP contribution in [-0.4, -0.2) is 27.4 Å². The van der Waals surface area contributed by atoms with E-state index in [9.17, 15) is 0 Å². The molecular weight excluding hydrogens is 190 g/mol. The third-order valence-corrected chi connectivity index (χ3v) is 3.27. The lowest BCUT2D eigenvalue weighted by atomic mass is 9.74. The van der Waals surface area contributed by atoms with Crippen LogP contribution in [0.2, 0.25) is 0 Å². The van der Waals surface area contributed by atoms with E-state index in [1.807, 2.05) is 32.5 Å². The summed E-state index contributed by atoms with van der Waals surface area (Å²) in [5.41, 5.74) is 5.58. The van der Waals surface area contributed by atoms with Crippen LogP contribution in [0.4, 0.5) is 5.95 Å². The molecule has 1 aromatic rings. The van der Waals surface area contributed by atoms with Gasteiger partial charge in [0.25, 0.3) is 0 Å². The second kappa shape index (κ2) is 3.48. The minimum absolute atomic E-state index is 0.232. The van der Waals surface area contributed by atoms with Gasteiger partial charge in [-0.05, 0) is 13.8 Å². The fourth-order valence-electron chi connectivity index (χ4n) is 1.38.